The zero-order chi connectivity index (χ0) is 14.8. The van der Waals surface area contributed by atoms with Crippen molar-refractivity contribution in [3.05, 3.63) is 46.3 Å². The molecule has 0 unspecified atom stereocenters. The van der Waals surface area contributed by atoms with Gasteiger partial charge in [-0.15, -0.1) is 0 Å². The molecule has 0 saturated heterocycles. The standard InChI is InChI=1S/C15H14N2O4/c18-14(10-3-1-4-10)9-12-13(17(19)20)7-6-11(16-12)15-5-2-8-21-15/h2,5-8,10H,1,3-4,9H2. The van der Waals surface area contributed by atoms with Crippen molar-refractivity contribution in [3.63, 3.8) is 0 Å². The highest BCUT2D eigenvalue weighted by molar-refractivity contribution is 5.84. The first-order chi connectivity index (χ1) is 10.1. The third kappa shape index (κ3) is 2.69. The van der Waals surface area contributed by atoms with Crippen LogP contribution >= 0.6 is 0 Å². The lowest BCUT2D eigenvalue weighted by atomic mass is 9.81. The lowest BCUT2D eigenvalue weighted by Crippen LogP contribution is -2.24. The fourth-order valence-corrected chi connectivity index (χ4v) is 2.39. The number of pyridine rings is 1. The van der Waals surface area contributed by atoms with Crippen LogP contribution in [0.4, 0.5) is 5.69 Å². The number of carbonyl (C=O) groups is 1. The van der Waals surface area contributed by atoms with Crippen molar-refractivity contribution in [2.24, 2.45) is 5.92 Å². The minimum Gasteiger partial charge on any atom is -0.463 e. The average Bonchev–Trinajstić information content (AvgIpc) is 2.89. The zero-order valence-electron chi connectivity index (χ0n) is 11.3. The van der Waals surface area contributed by atoms with Gasteiger partial charge in [0.15, 0.2) is 5.76 Å². The van der Waals surface area contributed by atoms with Crippen molar-refractivity contribution in [1.82, 2.24) is 4.98 Å². The predicted octanol–water partition coefficient (Wildman–Crippen LogP) is 3.16. The highest BCUT2D eigenvalue weighted by atomic mass is 16.6. The molecule has 0 aliphatic heterocycles. The summed E-state index contributed by atoms with van der Waals surface area (Å²) in [5.41, 5.74) is 0.603. The van der Waals surface area contributed by atoms with E-state index in [9.17, 15) is 14.9 Å². The summed E-state index contributed by atoms with van der Waals surface area (Å²) in [6, 6.07) is 6.37. The Hall–Kier alpha value is -2.50. The first-order valence-electron chi connectivity index (χ1n) is 6.86. The molecule has 21 heavy (non-hydrogen) atoms. The number of furan rings is 1. The minimum absolute atomic E-state index is 0.00945. The van der Waals surface area contributed by atoms with Gasteiger partial charge in [-0.05, 0) is 31.0 Å². The van der Waals surface area contributed by atoms with Gasteiger partial charge in [0.25, 0.3) is 5.69 Å². The molecule has 0 bridgehead atoms. The molecule has 0 spiro atoms. The number of Topliss-reactive ketones (excluding diaryl/α,β-unsaturated/α-hetero) is 1. The SMILES string of the molecule is O=C(Cc1nc(-c2ccco2)ccc1[N+](=O)[O-])C1CCC1. The molecule has 0 aromatic carbocycles. The van der Waals surface area contributed by atoms with Gasteiger partial charge in [-0.3, -0.25) is 14.9 Å². The van der Waals surface area contributed by atoms with Crippen molar-refractivity contribution < 1.29 is 14.1 Å². The normalized spacial score (nSPS) is 14.7. The molecule has 2 heterocycles. The van der Waals surface area contributed by atoms with E-state index in [0.717, 1.165) is 19.3 Å². The summed E-state index contributed by atoms with van der Waals surface area (Å²) in [5, 5.41) is 11.1. The van der Waals surface area contributed by atoms with Gasteiger partial charge in [0, 0.05) is 12.0 Å². The van der Waals surface area contributed by atoms with Crippen LogP contribution in [0.25, 0.3) is 11.5 Å². The van der Waals surface area contributed by atoms with Crippen molar-refractivity contribution in [2.75, 3.05) is 0 Å². The summed E-state index contributed by atoms with van der Waals surface area (Å²) < 4.78 is 5.24. The molecule has 2 aromatic rings. The molecule has 0 N–H and O–H groups in total. The van der Waals surface area contributed by atoms with E-state index in [4.69, 9.17) is 4.42 Å². The Morgan fingerprint density at radius 2 is 2.19 bits per heavy atom. The summed E-state index contributed by atoms with van der Waals surface area (Å²) >= 11 is 0. The van der Waals surface area contributed by atoms with Crippen molar-refractivity contribution in [2.45, 2.75) is 25.7 Å². The molecule has 1 aliphatic rings. The maximum absolute atomic E-state index is 12.1. The number of rotatable bonds is 5. The summed E-state index contributed by atoms with van der Waals surface area (Å²) in [4.78, 5) is 26.9. The van der Waals surface area contributed by atoms with E-state index in [1.165, 1.54) is 18.4 Å². The van der Waals surface area contributed by atoms with E-state index >= 15 is 0 Å². The molecule has 1 aliphatic carbocycles. The van der Waals surface area contributed by atoms with Gasteiger partial charge < -0.3 is 4.42 Å². The van der Waals surface area contributed by atoms with Gasteiger partial charge in [-0.2, -0.15) is 0 Å². The Bertz CT molecular complexity index is 675. The highest BCUT2D eigenvalue weighted by Gasteiger charge is 2.28. The molecule has 6 nitrogen and oxygen atoms in total. The summed E-state index contributed by atoms with van der Waals surface area (Å²) in [6.45, 7) is 0. The van der Waals surface area contributed by atoms with E-state index in [1.807, 2.05) is 0 Å². The van der Waals surface area contributed by atoms with Crippen LogP contribution < -0.4 is 0 Å². The van der Waals surface area contributed by atoms with Gasteiger partial charge in [0.2, 0.25) is 0 Å². The smallest absolute Gasteiger partial charge is 0.291 e. The second kappa shape index (κ2) is 5.47. The summed E-state index contributed by atoms with van der Waals surface area (Å²) in [5.74, 6) is 0.606. The van der Waals surface area contributed by atoms with Crippen LogP contribution in [0.5, 0.6) is 0 Å². The van der Waals surface area contributed by atoms with E-state index < -0.39 is 4.92 Å². The molecule has 0 radical (unpaired) electrons. The number of ketones is 1. The number of nitro groups is 1. The van der Waals surface area contributed by atoms with Crippen molar-refractivity contribution in [3.8, 4) is 11.5 Å². The van der Waals surface area contributed by atoms with Gasteiger partial charge in [-0.25, -0.2) is 4.98 Å². The Balaban J connectivity index is 1.92. The number of hydrogen-bond acceptors (Lipinski definition) is 5. The number of hydrogen-bond donors (Lipinski definition) is 0. The van der Waals surface area contributed by atoms with Crippen molar-refractivity contribution in [1.29, 1.82) is 0 Å². The molecule has 0 amide bonds. The van der Waals surface area contributed by atoms with E-state index in [1.54, 1.807) is 12.1 Å². The molecule has 0 atom stereocenters. The largest absolute Gasteiger partial charge is 0.463 e. The number of carbonyl (C=O) groups excluding carboxylic acids is 1. The molecular formula is C15H14N2O4. The van der Waals surface area contributed by atoms with Gasteiger partial charge in [-0.1, -0.05) is 6.42 Å². The van der Waals surface area contributed by atoms with Gasteiger partial charge in [0.1, 0.15) is 17.2 Å². The Morgan fingerprint density at radius 1 is 1.38 bits per heavy atom. The van der Waals surface area contributed by atoms with Gasteiger partial charge in [0.05, 0.1) is 17.6 Å². The van der Waals surface area contributed by atoms with E-state index in [-0.39, 0.29) is 29.5 Å². The minimum atomic E-state index is -0.498. The van der Waals surface area contributed by atoms with Crippen LogP contribution in [0.15, 0.2) is 34.9 Å². The fraction of sp³-hybridized carbons (Fsp3) is 0.333. The van der Waals surface area contributed by atoms with Crippen molar-refractivity contribution >= 4 is 11.5 Å². The second-order valence-corrected chi connectivity index (χ2v) is 5.17. The van der Waals surface area contributed by atoms with Crippen LogP contribution in [0, 0.1) is 16.0 Å². The molecular weight excluding hydrogens is 272 g/mol. The predicted molar refractivity (Wildman–Crippen MR) is 74.6 cm³/mol. The maximum Gasteiger partial charge on any atom is 0.291 e. The summed E-state index contributed by atoms with van der Waals surface area (Å²) in [6.07, 6.45) is 4.33. The molecule has 6 heteroatoms. The molecule has 3 rings (SSSR count). The third-order valence-corrected chi connectivity index (χ3v) is 3.82. The Kier molecular flexibility index (Phi) is 3.51. The Morgan fingerprint density at radius 3 is 2.76 bits per heavy atom. The van der Waals surface area contributed by atoms with Crippen LogP contribution in [-0.4, -0.2) is 15.7 Å². The fourth-order valence-electron chi connectivity index (χ4n) is 2.39. The topological polar surface area (TPSA) is 86.2 Å². The number of aromatic nitrogens is 1. The molecule has 1 saturated carbocycles. The third-order valence-electron chi connectivity index (χ3n) is 3.82. The van der Waals surface area contributed by atoms with E-state index in [0.29, 0.717) is 11.5 Å². The lowest BCUT2D eigenvalue weighted by molar-refractivity contribution is -0.385. The first-order valence-corrected chi connectivity index (χ1v) is 6.86. The monoisotopic (exact) mass is 286 g/mol. The van der Waals surface area contributed by atoms with Crippen LogP contribution in [0.2, 0.25) is 0 Å². The molecule has 2 aromatic heterocycles. The second-order valence-electron chi connectivity index (χ2n) is 5.17. The summed E-state index contributed by atoms with van der Waals surface area (Å²) in [7, 11) is 0. The maximum atomic E-state index is 12.1. The lowest BCUT2D eigenvalue weighted by Gasteiger charge is -2.23. The van der Waals surface area contributed by atoms with Crippen LogP contribution in [-0.2, 0) is 11.2 Å². The Labute approximate surface area is 121 Å². The van der Waals surface area contributed by atoms with Crippen LogP contribution in [0.3, 0.4) is 0 Å². The van der Waals surface area contributed by atoms with Crippen LogP contribution in [0.1, 0.15) is 25.0 Å². The van der Waals surface area contributed by atoms with Gasteiger partial charge >= 0.3 is 0 Å². The quantitative estimate of drug-likeness (QED) is 0.622. The average molecular weight is 286 g/mol. The molecule has 108 valence electrons. The highest BCUT2D eigenvalue weighted by Crippen LogP contribution is 2.30. The first kappa shape index (κ1) is 13.5. The number of nitrogens with zero attached hydrogens (tertiary/aromatic N) is 2. The van der Waals surface area contributed by atoms with E-state index in [2.05, 4.69) is 4.98 Å². The zero-order valence-corrected chi connectivity index (χ0v) is 11.3. The molecule has 1 fully saturated rings.